The number of phenols is 1. The summed E-state index contributed by atoms with van der Waals surface area (Å²) in [6.07, 6.45) is -2.88. The summed E-state index contributed by atoms with van der Waals surface area (Å²) < 4.78 is 10.3. The third-order valence-electron chi connectivity index (χ3n) is 4.17. The molecule has 156 valence electrons. The van der Waals surface area contributed by atoms with Crippen LogP contribution < -0.4 is 10.1 Å². The number of hydrogen-bond acceptors (Lipinski definition) is 7. The maximum atomic E-state index is 11.7. The Hall–Kier alpha value is -3.10. The van der Waals surface area contributed by atoms with Crippen LogP contribution in [0.1, 0.15) is 40.9 Å². The molecule has 0 aliphatic carbocycles. The summed E-state index contributed by atoms with van der Waals surface area (Å²) in [6, 6.07) is 11.8. The average molecular weight is 403 g/mol. The molecule has 29 heavy (non-hydrogen) atoms. The Morgan fingerprint density at radius 1 is 1.21 bits per heavy atom. The molecule has 0 saturated carbocycles. The number of hydrogen-bond donors (Lipinski definition) is 4. The topological polar surface area (TPSA) is 125 Å². The van der Waals surface area contributed by atoms with E-state index in [4.69, 9.17) is 9.47 Å². The van der Waals surface area contributed by atoms with Crippen LogP contribution in [0.3, 0.4) is 0 Å². The van der Waals surface area contributed by atoms with Crippen molar-refractivity contribution in [3.63, 3.8) is 0 Å². The predicted octanol–water partition coefficient (Wildman–Crippen LogP) is 2.31. The number of phenolic OH excluding ortho intramolecular Hbond substituents is 1. The van der Waals surface area contributed by atoms with Gasteiger partial charge in [-0.1, -0.05) is 30.3 Å². The Bertz CT molecular complexity index is 810. The van der Waals surface area contributed by atoms with Crippen LogP contribution in [0.2, 0.25) is 0 Å². The van der Waals surface area contributed by atoms with Gasteiger partial charge in [0.1, 0.15) is 19.0 Å². The summed E-state index contributed by atoms with van der Waals surface area (Å²) in [5, 5.41) is 33.3. The van der Waals surface area contributed by atoms with E-state index in [2.05, 4.69) is 5.32 Å². The van der Waals surface area contributed by atoms with Crippen molar-refractivity contribution >= 4 is 12.4 Å². The van der Waals surface area contributed by atoms with E-state index in [1.165, 1.54) is 12.1 Å². The number of aldehydes is 1. The molecule has 2 unspecified atom stereocenters. The summed E-state index contributed by atoms with van der Waals surface area (Å²) in [7, 11) is 0. The maximum absolute atomic E-state index is 11.7. The SMILES string of the molecule is CCOc1cc(C=O)cc(C(O)C(O)CCNC(=O)OCc2ccccc2)c1O. The van der Waals surface area contributed by atoms with E-state index in [9.17, 15) is 24.9 Å². The molecule has 2 atom stereocenters. The molecule has 0 heterocycles. The molecule has 2 rings (SSSR count). The molecule has 0 radical (unpaired) electrons. The van der Waals surface area contributed by atoms with E-state index in [-0.39, 0.29) is 48.8 Å². The number of aliphatic hydroxyl groups excluding tert-OH is 2. The fourth-order valence-electron chi connectivity index (χ4n) is 2.67. The number of nitrogens with one attached hydrogen (secondary N) is 1. The maximum Gasteiger partial charge on any atom is 0.407 e. The first-order valence-corrected chi connectivity index (χ1v) is 9.21. The number of carbonyl (C=O) groups is 2. The minimum Gasteiger partial charge on any atom is -0.504 e. The molecule has 0 fully saturated rings. The van der Waals surface area contributed by atoms with E-state index in [0.29, 0.717) is 6.29 Å². The molecule has 0 bridgehead atoms. The lowest BCUT2D eigenvalue weighted by atomic mass is 9.98. The number of aliphatic hydroxyl groups is 2. The van der Waals surface area contributed by atoms with Gasteiger partial charge in [0.15, 0.2) is 11.5 Å². The van der Waals surface area contributed by atoms with Crippen molar-refractivity contribution in [3.8, 4) is 11.5 Å². The Labute approximate surface area is 168 Å². The van der Waals surface area contributed by atoms with Crippen LogP contribution in [0, 0.1) is 0 Å². The van der Waals surface area contributed by atoms with Crippen LogP contribution in [0.4, 0.5) is 4.79 Å². The van der Waals surface area contributed by atoms with Gasteiger partial charge in [-0.25, -0.2) is 4.79 Å². The Morgan fingerprint density at radius 2 is 1.93 bits per heavy atom. The highest BCUT2D eigenvalue weighted by Crippen LogP contribution is 2.36. The van der Waals surface area contributed by atoms with Crippen LogP contribution in [0.5, 0.6) is 11.5 Å². The zero-order chi connectivity index (χ0) is 21.2. The third kappa shape index (κ3) is 6.48. The van der Waals surface area contributed by atoms with E-state index in [1.807, 2.05) is 30.3 Å². The molecule has 0 spiro atoms. The zero-order valence-electron chi connectivity index (χ0n) is 16.1. The minimum absolute atomic E-state index is 0.00364. The van der Waals surface area contributed by atoms with Gasteiger partial charge in [0.25, 0.3) is 0 Å². The highest BCUT2D eigenvalue weighted by molar-refractivity contribution is 5.77. The van der Waals surface area contributed by atoms with Crippen molar-refractivity contribution in [1.82, 2.24) is 5.32 Å². The fourth-order valence-corrected chi connectivity index (χ4v) is 2.67. The molecule has 0 aromatic heterocycles. The summed E-state index contributed by atoms with van der Waals surface area (Å²) in [4.78, 5) is 22.8. The summed E-state index contributed by atoms with van der Waals surface area (Å²) in [5.74, 6) is -0.305. The van der Waals surface area contributed by atoms with Crippen molar-refractivity contribution in [3.05, 3.63) is 59.2 Å². The van der Waals surface area contributed by atoms with Crippen molar-refractivity contribution in [2.45, 2.75) is 32.2 Å². The van der Waals surface area contributed by atoms with Crippen molar-refractivity contribution in [2.75, 3.05) is 13.2 Å². The molecule has 2 aromatic rings. The molecule has 8 heteroatoms. The lowest BCUT2D eigenvalue weighted by Gasteiger charge is -2.21. The second-order valence-electron chi connectivity index (χ2n) is 6.30. The highest BCUT2D eigenvalue weighted by Gasteiger charge is 2.24. The Morgan fingerprint density at radius 3 is 2.59 bits per heavy atom. The number of benzene rings is 2. The van der Waals surface area contributed by atoms with Crippen LogP contribution in [0.15, 0.2) is 42.5 Å². The van der Waals surface area contributed by atoms with Gasteiger partial charge in [-0.2, -0.15) is 0 Å². The smallest absolute Gasteiger partial charge is 0.407 e. The van der Waals surface area contributed by atoms with Crippen LogP contribution in [-0.2, 0) is 11.3 Å². The molecule has 0 aliphatic heterocycles. The summed E-state index contributed by atoms with van der Waals surface area (Å²) in [6.45, 7) is 2.12. The standard InChI is InChI=1S/C21H25NO7/c1-2-28-18-11-15(12-23)10-16(20(18)26)19(25)17(24)8-9-22-21(27)29-13-14-6-4-3-5-7-14/h3-7,10-12,17,19,24-26H,2,8-9,13H2,1H3,(H,22,27). The number of aromatic hydroxyl groups is 1. The summed E-state index contributed by atoms with van der Waals surface area (Å²) >= 11 is 0. The highest BCUT2D eigenvalue weighted by atomic mass is 16.5. The molecule has 4 N–H and O–H groups in total. The Balaban J connectivity index is 1.88. The summed E-state index contributed by atoms with van der Waals surface area (Å²) in [5.41, 5.74) is 1.00. The fraction of sp³-hybridized carbons (Fsp3) is 0.333. The quantitative estimate of drug-likeness (QED) is 0.449. The molecule has 2 aromatic carbocycles. The van der Waals surface area contributed by atoms with E-state index in [1.54, 1.807) is 6.92 Å². The third-order valence-corrected chi connectivity index (χ3v) is 4.17. The second-order valence-corrected chi connectivity index (χ2v) is 6.30. The van der Waals surface area contributed by atoms with Gasteiger partial charge in [0, 0.05) is 17.7 Å². The van der Waals surface area contributed by atoms with Gasteiger partial charge in [-0.15, -0.1) is 0 Å². The molecule has 8 nitrogen and oxygen atoms in total. The number of amides is 1. The van der Waals surface area contributed by atoms with Crippen molar-refractivity contribution < 1.29 is 34.4 Å². The largest absolute Gasteiger partial charge is 0.504 e. The van der Waals surface area contributed by atoms with Gasteiger partial charge < -0.3 is 30.1 Å². The monoisotopic (exact) mass is 403 g/mol. The van der Waals surface area contributed by atoms with Gasteiger partial charge in [-0.3, -0.25) is 4.79 Å². The van der Waals surface area contributed by atoms with E-state index in [0.717, 1.165) is 5.56 Å². The van der Waals surface area contributed by atoms with Crippen LogP contribution >= 0.6 is 0 Å². The number of ether oxygens (including phenoxy) is 2. The van der Waals surface area contributed by atoms with Crippen LogP contribution in [-0.4, -0.2) is 47.0 Å². The van der Waals surface area contributed by atoms with Crippen molar-refractivity contribution in [2.24, 2.45) is 0 Å². The molecule has 1 amide bonds. The van der Waals surface area contributed by atoms with Crippen LogP contribution in [0.25, 0.3) is 0 Å². The van der Waals surface area contributed by atoms with Gasteiger partial charge in [0.2, 0.25) is 0 Å². The molecular formula is C21H25NO7. The van der Waals surface area contributed by atoms with E-state index < -0.39 is 18.3 Å². The second kappa shape index (κ2) is 11.0. The first kappa shape index (κ1) is 22.2. The molecule has 0 saturated heterocycles. The first-order valence-electron chi connectivity index (χ1n) is 9.21. The number of alkyl carbamates (subject to hydrolysis) is 1. The average Bonchev–Trinajstić information content (AvgIpc) is 2.74. The zero-order valence-corrected chi connectivity index (χ0v) is 16.1. The Kier molecular flexibility index (Phi) is 8.45. The lowest BCUT2D eigenvalue weighted by Crippen LogP contribution is -2.29. The first-order chi connectivity index (χ1) is 14.0. The lowest BCUT2D eigenvalue weighted by molar-refractivity contribution is 0.0121. The normalized spacial score (nSPS) is 12.7. The van der Waals surface area contributed by atoms with Gasteiger partial charge in [0.05, 0.1) is 12.7 Å². The molecular weight excluding hydrogens is 378 g/mol. The van der Waals surface area contributed by atoms with E-state index >= 15 is 0 Å². The number of rotatable bonds is 10. The minimum atomic E-state index is -1.48. The predicted molar refractivity (Wildman–Crippen MR) is 105 cm³/mol. The number of carbonyl (C=O) groups excluding carboxylic acids is 2. The van der Waals surface area contributed by atoms with Gasteiger partial charge in [-0.05, 0) is 31.0 Å². The van der Waals surface area contributed by atoms with Gasteiger partial charge >= 0.3 is 6.09 Å². The molecule has 0 aliphatic rings. The van der Waals surface area contributed by atoms with Crippen molar-refractivity contribution in [1.29, 1.82) is 0 Å².